The van der Waals surface area contributed by atoms with Crippen molar-refractivity contribution in [1.29, 1.82) is 0 Å². The Balaban J connectivity index is 2.82. The largest absolute Gasteiger partial charge is 0.458 e. The molecule has 0 saturated heterocycles. The number of carbonyl (C=O) groups is 1. The molecule has 0 radical (unpaired) electrons. The Kier molecular flexibility index (Phi) is 1.52. The molecule has 1 aliphatic heterocycles. The third-order valence-electron chi connectivity index (χ3n) is 1.38. The minimum absolute atomic E-state index is 0.290. The van der Waals surface area contributed by atoms with Gasteiger partial charge in [0.2, 0.25) is 0 Å². The highest BCUT2D eigenvalue weighted by atomic mass is 16.5. The maximum Gasteiger partial charge on any atom is 0.337 e. The zero-order valence-corrected chi connectivity index (χ0v) is 6.05. The first kappa shape index (κ1) is 7.28. The molecule has 0 aromatic heterocycles. The van der Waals surface area contributed by atoms with Crippen LogP contribution in [0.4, 0.5) is 0 Å². The molecule has 0 bridgehead atoms. The summed E-state index contributed by atoms with van der Waals surface area (Å²) in [6, 6.07) is 0. The number of rotatable bonds is 1. The smallest absolute Gasteiger partial charge is 0.337 e. The summed E-state index contributed by atoms with van der Waals surface area (Å²) >= 11 is 0. The van der Waals surface area contributed by atoms with Gasteiger partial charge in [0, 0.05) is 0 Å². The summed E-state index contributed by atoms with van der Waals surface area (Å²) in [5.74, 6) is -0.410. The summed E-state index contributed by atoms with van der Waals surface area (Å²) < 4.78 is 4.60. The lowest BCUT2D eigenvalue weighted by molar-refractivity contribution is -0.137. The fraction of sp³-hybridized carbons (Fsp3) is 0.571. The van der Waals surface area contributed by atoms with Gasteiger partial charge in [0.15, 0.2) is 0 Å². The molecule has 1 heterocycles. The molecule has 56 valence electrons. The first-order valence-corrected chi connectivity index (χ1v) is 3.12. The average molecular weight is 142 g/mol. The Bertz CT molecular complexity index is 186. The van der Waals surface area contributed by atoms with E-state index in [1.807, 2.05) is 0 Å². The molecule has 0 fully saturated rings. The predicted octanol–water partition coefficient (Wildman–Crippen LogP) is 0.240. The molecule has 0 amide bonds. The van der Waals surface area contributed by atoms with Crippen molar-refractivity contribution in [2.45, 2.75) is 19.4 Å². The van der Waals surface area contributed by atoms with Crippen molar-refractivity contribution in [3.05, 3.63) is 11.6 Å². The second-order valence-electron chi connectivity index (χ2n) is 2.78. The van der Waals surface area contributed by atoms with Gasteiger partial charge in [0.25, 0.3) is 0 Å². The van der Waals surface area contributed by atoms with E-state index in [2.05, 4.69) is 4.74 Å². The van der Waals surface area contributed by atoms with Crippen LogP contribution in [0, 0.1) is 0 Å². The SMILES string of the molecule is CC(C)(O)C1=CCOC1=O. The summed E-state index contributed by atoms with van der Waals surface area (Å²) in [5, 5.41) is 9.32. The Hall–Kier alpha value is -0.830. The van der Waals surface area contributed by atoms with Crippen LogP contribution in [0.3, 0.4) is 0 Å². The van der Waals surface area contributed by atoms with Gasteiger partial charge in [-0.1, -0.05) is 0 Å². The van der Waals surface area contributed by atoms with E-state index in [0.29, 0.717) is 5.57 Å². The number of ether oxygens (including phenoxy) is 1. The number of aliphatic hydroxyl groups is 1. The van der Waals surface area contributed by atoms with E-state index in [9.17, 15) is 9.90 Å². The molecule has 1 N–H and O–H groups in total. The van der Waals surface area contributed by atoms with Crippen LogP contribution in [-0.2, 0) is 9.53 Å². The van der Waals surface area contributed by atoms with E-state index in [0.717, 1.165) is 0 Å². The van der Waals surface area contributed by atoms with Gasteiger partial charge >= 0.3 is 5.97 Å². The minimum Gasteiger partial charge on any atom is -0.458 e. The van der Waals surface area contributed by atoms with Gasteiger partial charge in [0.05, 0.1) is 11.2 Å². The molecule has 3 nitrogen and oxygen atoms in total. The standard InChI is InChI=1S/C7H10O3/c1-7(2,9)5-3-4-10-6(5)8/h3,9H,4H2,1-2H3. The van der Waals surface area contributed by atoms with Crippen molar-refractivity contribution < 1.29 is 14.6 Å². The number of hydrogen-bond acceptors (Lipinski definition) is 3. The minimum atomic E-state index is -1.06. The second kappa shape index (κ2) is 2.09. The van der Waals surface area contributed by atoms with Crippen molar-refractivity contribution in [2.75, 3.05) is 6.61 Å². The topological polar surface area (TPSA) is 46.5 Å². The molecular formula is C7H10O3. The summed E-state index contributed by atoms with van der Waals surface area (Å²) in [6.07, 6.45) is 1.60. The molecular weight excluding hydrogens is 132 g/mol. The Morgan fingerprint density at radius 3 is 2.50 bits per heavy atom. The molecule has 0 aromatic rings. The summed E-state index contributed by atoms with van der Waals surface area (Å²) in [6.45, 7) is 3.41. The third kappa shape index (κ3) is 1.19. The molecule has 1 rings (SSSR count). The van der Waals surface area contributed by atoms with E-state index < -0.39 is 11.6 Å². The lowest BCUT2D eigenvalue weighted by Crippen LogP contribution is -2.25. The first-order valence-electron chi connectivity index (χ1n) is 3.12. The van der Waals surface area contributed by atoms with E-state index in [1.165, 1.54) is 0 Å². The van der Waals surface area contributed by atoms with Crippen molar-refractivity contribution in [3.8, 4) is 0 Å². The quantitative estimate of drug-likeness (QED) is 0.533. The van der Waals surface area contributed by atoms with Gasteiger partial charge in [0.1, 0.15) is 6.61 Å². The maximum absolute atomic E-state index is 10.8. The first-order chi connectivity index (χ1) is 4.52. The zero-order chi connectivity index (χ0) is 7.78. The Morgan fingerprint density at radius 1 is 1.70 bits per heavy atom. The molecule has 0 unspecified atom stereocenters. The fourth-order valence-corrected chi connectivity index (χ4v) is 0.861. The van der Waals surface area contributed by atoms with E-state index in [4.69, 9.17) is 0 Å². The molecule has 0 aliphatic carbocycles. The number of hydrogen-bond donors (Lipinski definition) is 1. The molecule has 0 spiro atoms. The second-order valence-corrected chi connectivity index (χ2v) is 2.78. The van der Waals surface area contributed by atoms with Crippen molar-refractivity contribution in [2.24, 2.45) is 0 Å². The third-order valence-corrected chi connectivity index (χ3v) is 1.38. The van der Waals surface area contributed by atoms with Crippen LogP contribution < -0.4 is 0 Å². The van der Waals surface area contributed by atoms with Crippen LogP contribution in [0.15, 0.2) is 11.6 Å². The van der Waals surface area contributed by atoms with Crippen LogP contribution in [0.1, 0.15) is 13.8 Å². The van der Waals surface area contributed by atoms with Crippen LogP contribution in [-0.4, -0.2) is 23.3 Å². The van der Waals surface area contributed by atoms with E-state index >= 15 is 0 Å². The summed E-state index contributed by atoms with van der Waals surface area (Å²) in [7, 11) is 0. The zero-order valence-electron chi connectivity index (χ0n) is 6.05. The molecule has 0 atom stereocenters. The predicted molar refractivity (Wildman–Crippen MR) is 35.3 cm³/mol. The molecule has 0 aromatic carbocycles. The molecule has 10 heavy (non-hydrogen) atoms. The number of carbonyl (C=O) groups excluding carboxylic acids is 1. The van der Waals surface area contributed by atoms with Gasteiger partial charge in [-0.2, -0.15) is 0 Å². The number of cyclic esters (lactones) is 1. The normalized spacial score (nSPS) is 18.7. The van der Waals surface area contributed by atoms with Crippen LogP contribution in [0.5, 0.6) is 0 Å². The van der Waals surface area contributed by atoms with E-state index in [1.54, 1.807) is 19.9 Å². The van der Waals surface area contributed by atoms with Crippen molar-refractivity contribution in [3.63, 3.8) is 0 Å². The highest BCUT2D eigenvalue weighted by molar-refractivity contribution is 5.92. The maximum atomic E-state index is 10.8. The summed E-state index contributed by atoms with van der Waals surface area (Å²) in [4.78, 5) is 10.8. The highest BCUT2D eigenvalue weighted by Gasteiger charge is 2.29. The molecule has 0 saturated carbocycles. The average Bonchev–Trinajstić information content (AvgIpc) is 2.11. The lowest BCUT2D eigenvalue weighted by atomic mass is 9.99. The van der Waals surface area contributed by atoms with Crippen LogP contribution >= 0.6 is 0 Å². The van der Waals surface area contributed by atoms with Crippen LogP contribution in [0.2, 0.25) is 0 Å². The monoisotopic (exact) mass is 142 g/mol. The van der Waals surface area contributed by atoms with Gasteiger partial charge in [-0.15, -0.1) is 0 Å². The molecule has 1 aliphatic rings. The van der Waals surface area contributed by atoms with Gasteiger partial charge in [-0.25, -0.2) is 4.79 Å². The lowest BCUT2D eigenvalue weighted by Gasteiger charge is -2.15. The highest BCUT2D eigenvalue weighted by Crippen LogP contribution is 2.20. The summed E-state index contributed by atoms with van der Waals surface area (Å²) in [5.41, 5.74) is -0.708. The Labute approximate surface area is 59.3 Å². The van der Waals surface area contributed by atoms with Gasteiger partial charge in [-0.3, -0.25) is 0 Å². The molecule has 3 heteroatoms. The van der Waals surface area contributed by atoms with Gasteiger partial charge in [-0.05, 0) is 19.9 Å². The Morgan fingerprint density at radius 2 is 2.30 bits per heavy atom. The van der Waals surface area contributed by atoms with Crippen molar-refractivity contribution >= 4 is 5.97 Å². The van der Waals surface area contributed by atoms with E-state index in [-0.39, 0.29) is 6.61 Å². The van der Waals surface area contributed by atoms with Crippen LogP contribution in [0.25, 0.3) is 0 Å². The van der Waals surface area contributed by atoms with Gasteiger partial charge < -0.3 is 9.84 Å². The van der Waals surface area contributed by atoms with Crippen molar-refractivity contribution in [1.82, 2.24) is 0 Å². The fourth-order valence-electron chi connectivity index (χ4n) is 0.861. The number of esters is 1.